The zero-order chi connectivity index (χ0) is 38.9. The molecule has 0 spiro atoms. The lowest BCUT2D eigenvalue weighted by Crippen LogP contribution is -2.53. The van der Waals surface area contributed by atoms with Gasteiger partial charge in [0.1, 0.15) is 6.04 Å². The Labute approximate surface area is 325 Å². The van der Waals surface area contributed by atoms with E-state index in [1.165, 1.54) is 38.4 Å². The molecule has 1 heterocycles. The van der Waals surface area contributed by atoms with Crippen molar-refractivity contribution in [3.8, 4) is 0 Å². The van der Waals surface area contributed by atoms with Gasteiger partial charge in [0, 0.05) is 54.1 Å². The number of unbranched alkanes of at least 4 members (excludes halogenated alkanes) is 5. The van der Waals surface area contributed by atoms with E-state index in [1.54, 1.807) is 11.1 Å². The lowest BCUT2D eigenvalue weighted by molar-refractivity contribution is -0.141. The molecule has 9 nitrogen and oxygen atoms in total. The number of carbonyl (C=O) groups excluding carboxylic acids is 4. The van der Waals surface area contributed by atoms with Crippen LogP contribution < -0.4 is 11.1 Å². The molecular formula is C44H57ClN4O5. The lowest BCUT2D eigenvalue weighted by Gasteiger charge is -2.34. The zero-order valence-electron chi connectivity index (χ0n) is 32.2. The van der Waals surface area contributed by atoms with Gasteiger partial charge in [0.2, 0.25) is 11.8 Å². The van der Waals surface area contributed by atoms with Crippen LogP contribution in [0.2, 0.25) is 5.02 Å². The first-order valence-electron chi connectivity index (χ1n) is 19.5. The zero-order valence-corrected chi connectivity index (χ0v) is 32.9. The molecule has 4 aromatic rings. The molecule has 10 heteroatoms. The normalized spacial score (nSPS) is 12.3. The molecule has 0 saturated heterocycles. The molecule has 0 saturated carbocycles. The summed E-state index contributed by atoms with van der Waals surface area (Å²) in [7, 11) is 1.33. The van der Waals surface area contributed by atoms with E-state index in [2.05, 4.69) is 36.5 Å². The fourth-order valence-corrected chi connectivity index (χ4v) is 7.18. The highest BCUT2D eigenvalue weighted by molar-refractivity contribution is 6.31. The third-order valence-electron chi connectivity index (χ3n) is 10.0. The first-order valence-corrected chi connectivity index (χ1v) is 19.9. The van der Waals surface area contributed by atoms with E-state index in [1.807, 2.05) is 60.0 Å². The molecule has 54 heavy (non-hydrogen) atoms. The van der Waals surface area contributed by atoms with Crippen LogP contribution in [-0.2, 0) is 38.5 Å². The number of aromatic nitrogens is 1. The molecule has 0 unspecified atom stereocenters. The number of fused-ring (bicyclic) bond motifs is 1. The molecular weight excluding hydrogens is 700 g/mol. The Hall–Kier alpha value is -4.63. The number of amides is 3. The molecule has 0 bridgehead atoms. The molecule has 2 atom stereocenters. The molecule has 4 rings (SSSR count). The molecule has 0 aliphatic heterocycles. The van der Waals surface area contributed by atoms with Crippen molar-refractivity contribution in [3.05, 3.63) is 106 Å². The van der Waals surface area contributed by atoms with Gasteiger partial charge in [-0.1, -0.05) is 118 Å². The molecule has 3 amide bonds. The van der Waals surface area contributed by atoms with E-state index in [0.29, 0.717) is 42.9 Å². The number of nitrogens with one attached hydrogen (secondary N) is 1. The average Bonchev–Trinajstić information content (AvgIpc) is 3.53. The van der Waals surface area contributed by atoms with Crippen molar-refractivity contribution in [2.24, 2.45) is 5.73 Å². The highest BCUT2D eigenvalue weighted by Crippen LogP contribution is 2.26. The Balaban J connectivity index is 1.61. The van der Waals surface area contributed by atoms with E-state index in [0.717, 1.165) is 41.3 Å². The minimum Gasteiger partial charge on any atom is -0.469 e. The minimum atomic E-state index is -0.963. The highest BCUT2D eigenvalue weighted by atomic mass is 35.5. The summed E-state index contributed by atoms with van der Waals surface area (Å²) < 4.78 is 6.84. The van der Waals surface area contributed by atoms with Crippen molar-refractivity contribution in [1.29, 1.82) is 0 Å². The number of primary amides is 1. The van der Waals surface area contributed by atoms with Crippen LogP contribution in [0.15, 0.2) is 79.0 Å². The van der Waals surface area contributed by atoms with E-state index in [4.69, 9.17) is 22.1 Å². The van der Waals surface area contributed by atoms with Gasteiger partial charge in [-0.25, -0.2) is 0 Å². The number of halogens is 1. The summed E-state index contributed by atoms with van der Waals surface area (Å²) in [6.45, 7) is 5.10. The Morgan fingerprint density at radius 2 is 1.54 bits per heavy atom. The van der Waals surface area contributed by atoms with Crippen LogP contribution in [0.5, 0.6) is 0 Å². The smallest absolute Gasteiger partial charge is 0.305 e. The number of benzene rings is 3. The highest BCUT2D eigenvalue weighted by Gasteiger charge is 2.32. The number of nitrogens with two attached hydrogens (primary N) is 1. The van der Waals surface area contributed by atoms with Crippen molar-refractivity contribution in [2.75, 3.05) is 13.7 Å². The van der Waals surface area contributed by atoms with Gasteiger partial charge in [-0.3, -0.25) is 19.2 Å². The quantitative estimate of drug-likeness (QED) is 0.0581. The van der Waals surface area contributed by atoms with Gasteiger partial charge in [0.05, 0.1) is 12.7 Å². The Morgan fingerprint density at radius 1 is 0.852 bits per heavy atom. The standard InChI is InChI=1S/C44H57ClN4O5/c1-4-6-8-9-10-16-32-23-25-33(26-24-32)28-35(29-41(46)50)49(27-7-5-2)44(53)39(20-15-22-42(51)54-3)47-43(52)37-31-48(40-21-14-12-18-36(37)40)30-34-17-11-13-19-38(34)45/h11-14,17-19,21,23-26,31,35,39H,4-10,15-16,20,22,27-30H2,1-3H3,(H2,46,50)(H,47,52)/t35-,39-/m0/s1. The van der Waals surface area contributed by atoms with Crippen molar-refractivity contribution in [3.63, 3.8) is 0 Å². The number of hydrogen-bond donors (Lipinski definition) is 2. The first kappa shape index (κ1) is 42.1. The van der Waals surface area contributed by atoms with E-state index in [9.17, 15) is 19.2 Å². The summed E-state index contributed by atoms with van der Waals surface area (Å²) in [5.41, 5.74) is 10.2. The minimum absolute atomic E-state index is 0.0208. The number of esters is 1. The van der Waals surface area contributed by atoms with Crippen LogP contribution in [-0.4, -0.2) is 58.9 Å². The molecule has 3 aromatic carbocycles. The van der Waals surface area contributed by atoms with E-state index < -0.39 is 29.9 Å². The Morgan fingerprint density at radius 3 is 2.24 bits per heavy atom. The Kier molecular flexibility index (Phi) is 17.1. The number of aryl methyl sites for hydroxylation is 1. The molecule has 0 aliphatic carbocycles. The maximum absolute atomic E-state index is 14.7. The van der Waals surface area contributed by atoms with E-state index >= 15 is 0 Å². The summed E-state index contributed by atoms with van der Waals surface area (Å²) in [6.07, 6.45) is 11.5. The van der Waals surface area contributed by atoms with Crippen LogP contribution in [0, 0.1) is 0 Å². The van der Waals surface area contributed by atoms with Crippen molar-refractivity contribution >= 4 is 46.2 Å². The Bertz CT molecular complexity index is 1820. The third kappa shape index (κ3) is 12.5. The number of methoxy groups -OCH3 is 1. The topological polar surface area (TPSA) is 124 Å². The second-order valence-corrected chi connectivity index (χ2v) is 14.6. The number of hydrogen-bond acceptors (Lipinski definition) is 5. The fourth-order valence-electron chi connectivity index (χ4n) is 6.99. The monoisotopic (exact) mass is 756 g/mol. The number of rotatable bonds is 23. The lowest BCUT2D eigenvalue weighted by atomic mass is 9.97. The molecule has 0 fully saturated rings. The molecule has 1 aromatic heterocycles. The van der Waals surface area contributed by atoms with Gasteiger partial charge in [-0.15, -0.1) is 0 Å². The number of ether oxygens (including phenoxy) is 1. The van der Waals surface area contributed by atoms with Gasteiger partial charge < -0.3 is 25.3 Å². The maximum atomic E-state index is 14.7. The van der Waals surface area contributed by atoms with Crippen molar-refractivity contribution < 1.29 is 23.9 Å². The molecule has 3 N–H and O–H groups in total. The van der Waals surface area contributed by atoms with Gasteiger partial charge in [0.15, 0.2) is 0 Å². The van der Waals surface area contributed by atoms with Gasteiger partial charge in [-0.2, -0.15) is 0 Å². The van der Waals surface area contributed by atoms with Gasteiger partial charge >= 0.3 is 5.97 Å². The predicted molar refractivity (Wildman–Crippen MR) is 216 cm³/mol. The van der Waals surface area contributed by atoms with Crippen LogP contribution in [0.1, 0.15) is 112 Å². The third-order valence-corrected chi connectivity index (χ3v) is 10.4. The first-order chi connectivity index (χ1) is 26.1. The number of para-hydroxylation sites is 1. The predicted octanol–water partition coefficient (Wildman–Crippen LogP) is 8.41. The van der Waals surface area contributed by atoms with Gasteiger partial charge in [0.25, 0.3) is 5.91 Å². The van der Waals surface area contributed by atoms with Gasteiger partial charge in [-0.05, 0) is 67.3 Å². The SMILES string of the molecule is CCCCCCCc1ccc(C[C@@H](CC(N)=O)N(CCCC)C(=O)[C@H](CCCC(=O)OC)NC(=O)c2cn(Cc3ccccc3Cl)c3ccccc23)cc1. The molecule has 0 radical (unpaired) electrons. The van der Waals surface area contributed by atoms with Crippen LogP contribution in [0.4, 0.5) is 0 Å². The van der Waals surface area contributed by atoms with Crippen molar-refractivity contribution in [1.82, 2.24) is 14.8 Å². The largest absolute Gasteiger partial charge is 0.469 e. The average molecular weight is 757 g/mol. The fraction of sp³-hybridized carbons (Fsp3) is 0.455. The van der Waals surface area contributed by atoms with Crippen molar-refractivity contribution in [2.45, 2.75) is 116 Å². The summed E-state index contributed by atoms with van der Waals surface area (Å²) in [5.74, 6) is -1.62. The second kappa shape index (κ2) is 21.9. The van der Waals surface area contributed by atoms with E-state index in [-0.39, 0.29) is 25.2 Å². The summed E-state index contributed by atoms with van der Waals surface area (Å²) >= 11 is 6.50. The molecule has 0 aliphatic rings. The molecule has 290 valence electrons. The summed E-state index contributed by atoms with van der Waals surface area (Å²) in [6, 6.07) is 22.1. The summed E-state index contributed by atoms with van der Waals surface area (Å²) in [4.78, 5) is 55.2. The van der Waals surface area contributed by atoms with Crippen LogP contribution >= 0.6 is 11.6 Å². The number of nitrogens with zero attached hydrogens (tertiary/aromatic N) is 2. The second-order valence-electron chi connectivity index (χ2n) is 14.2. The maximum Gasteiger partial charge on any atom is 0.305 e. The van der Waals surface area contributed by atoms with Crippen LogP contribution in [0.3, 0.4) is 0 Å². The number of carbonyl (C=O) groups is 4. The van der Waals surface area contributed by atoms with Crippen LogP contribution in [0.25, 0.3) is 10.9 Å². The summed E-state index contributed by atoms with van der Waals surface area (Å²) in [5, 5.41) is 4.40.